The molecule has 4 rings (SSSR count). The van der Waals surface area contributed by atoms with Crippen molar-refractivity contribution in [2.75, 3.05) is 10.9 Å². The number of nitrogens with zero attached hydrogens (tertiary/aromatic N) is 4. The molecule has 0 amide bonds. The lowest BCUT2D eigenvalue weighted by Crippen LogP contribution is -2.01. The number of benzene rings is 3. The largest absolute Gasteiger partial charge is 0.507 e. The van der Waals surface area contributed by atoms with Crippen molar-refractivity contribution in [1.29, 1.82) is 0 Å². The van der Waals surface area contributed by atoms with E-state index in [9.17, 15) is 10.2 Å². The maximum Gasteiger partial charge on any atom is 0.176 e. The highest BCUT2D eigenvalue weighted by Crippen LogP contribution is 2.26. The van der Waals surface area contributed by atoms with Crippen molar-refractivity contribution in [3.63, 3.8) is 0 Å². The predicted octanol–water partition coefficient (Wildman–Crippen LogP) is 3.93. The first-order chi connectivity index (χ1) is 14.7. The second kappa shape index (κ2) is 8.70. The minimum Gasteiger partial charge on any atom is -0.507 e. The Morgan fingerprint density at radius 1 is 0.600 bits per heavy atom. The van der Waals surface area contributed by atoms with E-state index in [-0.39, 0.29) is 11.5 Å². The van der Waals surface area contributed by atoms with Crippen LogP contribution in [0.3, 0.4) is 0 Å². The molecule has 0 spiro atoms. The fourth-order valence-corrected chi connectivity index (χ4v) is 2.79. The van der Waals surface area contributed by atoms with Gasteiger partial charge in [-0.25, -0.2) is 0 Å². The lowest BCUT2D eigenvalue weighted by Gasteiger charge is -2.08. The molecule has 0 bridgehead atoms. The van der Waals surface area contributed by atoms with Gasteiger partial charge in [-0.3, -0.25) is 10.9 Å². The van der Waals surface area contributed by atoms with Gasteiger partial charge in [0.05, 0.1) is 12.4 Å². The van der Waals surface area contributed by atoms with Crippen molar-refractivity contribution in [3.8, 4) is 11.5 Å². The van der Waals surface area contributed by atoms with Crippen molar-refractivity contribution in [1.82, 2.24) is 10.2 Å². The first kappa shape index (κ1) is 18.9. The molecule has 30 heavy (non-hydrogen) atoms. The minimum absolute atomic E-state index is 0.140. The molecule has 0 aliphatic heterocycles. The Kier molecular flexibility index (Phi) is 5.47. The van der Waals surface area contributed by atoms with Crippen molar-refractivity contribution >= 4 is 34.8 Å². The maximum absolute atomic E-state index is 9.81. The summed E-state index contributed by atoms with van der Waals surface area (Å²) in [5, 5.41) is 37.9. The number of aromatic hydroxyl groups is 2. The molecule has 0 aliphatic rings. The number of phenolic OH excluding ortho intramolecular Hbond substituents is 2. The molecule has 0 saturated heterocycles. The molecule has 0 aliphatic carbocycles. The zero-order chi connectivity index (χ0) is 20.8. The predicted molar refractivity (Wildman–Crippen MR) is 118 cm³/mol. The third-order valence-corrected chi connectivity index (χ3v) is 4.31. The van der Waals surface area contributed by atoms with Gasteiger partial charge in [0.15, 0.2) is 11.6 Å². The van der Waals surface area contributed by atoms with Crippen LogP contribution in [0.15, 0.2) is 83.0 Å². The van der Waals surface area contributed by atoms with Crippen LogP contribution in [0.25, 0.3) is 10.8 Å². The molecule has 4 aromatic rings. The van der Waals surface area contributed by atoms with Gasteiger partial charge >= 0.3 is 0 Å². The van der Waals surface area contributed by atoms with Gasteiger partial charge in [0.25, 0.3) is 0 Å². The van der Waals surface area contributed by atoms with E-state index in [4.69, 9.17) is 0 Å². The molecule has 148 valence electrons. The quantitative estimate of drug-likeness (QED) is 0.289. The summed E-state index contributed by atoms with van der Waals surface area (Å²) < 4.78 is 0. The molecule has 1 heterocycles. The summed E-state index contributed by atoms with van der Waals surface area (Å²) in [6.45, 7) is 0. The molecule has 0 fully saturated rings. The number of aromatic nitrogens is 2. The van der Waals surface area contributed by atoms with Crippen LogP contribution in [0, 0.1) is 0 Å². The van der Waals surface area contributed by atoms with Crippen LogP contribution in [-0.4, -0.2) is 32.8 Å². The zero-order valence-corrected chi connectivity index (χ0v) is 15.8. The number of hydrogen-bond donors (Lipinski definition) is 4. The van der Waals surface area contributed by atoms with Crippen LogP contribution in [0.5, 0.6) is 11.5 Å². The molecule has 0 radical (unpaired) electrons. The lowest BCUT2D eigenvalue weighted by atomic mass is 10.2. The van der Waals surface area contributed by atoms with Gasteiger partial charge in [0.2, 0.25) is 0 Å². The van der Waals surface area contributed by atoms with Crippen LogP contribution >= 0.6 is 0 Å². The highest BCUT2D eigenvalue weighted by molar-refractivity contribution is 5.98. The maximum atomic E-state index is 9.81. The summed E-state index contributed by atoms with van der Waals surface area (Å²) in [5.41, 5.74) is 6.90. The standard InChI is InChI=1S/C22H18N6O2/c29-19-11-5-1-7-15(19)13-23-25-21-17-9-3-4-10-18(17)22(28-27-21)26-24-14-16-8-2-6-12-20(16)30/h1-14,29-30H,(H,25,27)(H,26,28)/b23-13-,24-14+. The molecule has 4 N–H and O–H groups in total. The molecular formula is C22H18N6O2. The van der Waals surface area contributed by atoms with Crippen molar-refractivity contribution < 1.29 is 10.2 Å². The van der Waals surface area contributed by atoms with Gasteiger partial charge in [-0.05, 0) is 24.3 Å². The smallest absolute Gasteiger partial charge is 0.176 e. The molecule has 0 atom stereocenters. The van der Waals surface area contributed by atoms with E-state index in [1.165, 1.54) is 12.4 Å². The monoisotopic (exact) mass is 398 g/mol. The Hall–Kier alpha value is -4.46. The fourth-order valence-electron chi connectivity index (χ4n) is 2.79. The third-order valence-electron chi connectivity index (χ3n) is 4.31. The van der Waals surface area contributed by atoms with E-state index in [1.807, 2.05) is 36.4 Å². The number of fused-ring (bicyclic) bond motifs is 1. The lowest BCUT2D eigenvalue weighted by molar-refractivity contribution is 0.474. The van der Waals surface area contributed by atoms with Crippen LogP contribution in [0.1, 0.15) is 11.1 Å². The van der Waals surface area contributed by atoms with Crippen LogP contribution in [-0.2, 0) is 0 Å². The highest BCUT2D eigenvalue weighted by atomic mass is 16.3. The van der Waals surface area contributed by atoms with Gasteiger partial charge in [0, 0.05) is 21.9 Å². The van der Waals surface area contributed by atoms with Crippen molar-refractivity contribution in [3.05, 3.63) is 83.9 Å². The highest BCUT2D eigenvalue weighted by Gasteiger charge is 2.08. The summed E-state index contributed by atoms with van der Waals surface area (Å²) in [4.78, 5) is 0. The van der Waals surface area contributed by atoms with E-state index in [0.717, 1.165) is 10.8 Å². The number of hydrazone groups is 2. The Labute approximate surface area is 172 Å². The summed E-state index contributed by atoms with van der Waals surface area (Å²) in [6, 6.07) is 21.3. The van der Waals surface area contributed by atoms with Gasteiger partial charge in [-0.1, -0.05) is 48.5 Å². The molecule has 8 nitrogen and oxygen atoms in total. The minimum atomic E-state index is 0.140. The van der Waals surface area contributed by atoms with Crippen LogP contribution < -0.4 is 10.9 Å². The Morgan fingerprint density at radius 3 is 1.43 bits per heavy atom. The summed E-state index contributed by atoms with van der Waals surface area (Å²) in [7, 11) is 0. The van der Waals surface area contributed by atoms with E-state index in [1.54, 1.807) is 36.4 Å². The first-order valence-corrected chi connectivity index (χ1v) is 9.12. The number of para-hydroxylation sites is 2. The topological polar surface area (TPSA) is 115 Å². The van der Waals surface area contributed by atoms with Gasteiger partial charge in [-0.15, -0.1) is 10.2 Å². The van der Waals surface area contributed by atoms with Gasteiger partial charge in [-0.2, -0.15) is 10.2 Å². The normalized spacial score (nSPS) is 11.3. The van der Waals surface area contributed by atoms with Crippen LogP contribution in [0.2, 0.25) is 0 Å². The first-order valence-electron chi connectivity index (χ1n) is 9.12. The fraction of sp³-hybridized carbons (Fsp3) is 0. The molecule has 0 saturated carbocycles. The number of rotatable bonds is 6. The molecular weight excluding hydrogens is 380 g/mol. The number of phenols is 2. The SMILES string of the molecule is Oc1ccccc1/C=N\Nc1nnc(N/N=C/c2ccccc2O)c2ccccc12. The Bertz CT molecular complexity index is 1140. The summed E-state index contributed by atoms with van der Waals surface area (Å²) in [6.07, 6.45) is 3.02. The molecule has 0 unspecified atom stereocenters. The van der Waals surface area contributed by atoms with Crippen molar-refractivity contribution in [2.45, 2.75) is 0 Å². The average Bonchev–Trinajstić information content (AvgIpc) is 2.77. The second-order valence-corrected chi connectivity index (χ2v) is 6.30. The summed E-state index contributed by atoms with van der Waals surface area (Å²) in [5.74, 6) is 1.21. The molecule has 1 aromatic heterocycles. The van der Waals surface area contributed by atoms with E-state index < -0.39 is 0 Å². The van der Waals surface area contributed by atoms with Crippen molar-refractivity contribution in [2.24, 2.45) is 10.2 Å². The third kappa shape index (κ3) is 4.17. The van der Waals surface area contributed by atoms with E-state index in [2.05, 4.69) is 31.3 Å². The number of nitrogens with one attached hydrogen (secondary N) is 2. The average molecular weight is 398 g/mol. The molecule has 3 aromatic carbocycles. The number of hydrogen-bond acceptors (Lipinski definition) is 8. The van der Waals surface area contributed by atoms with Gasteiger partial charge in [0.1, 0.15) is 11.5 Å². The zero-order valence-electron chi connectivity index (χ0n) is 15.8. The second-order valence-electron chi connectivity index (χ2n) is 6.30. The Morgan fingerprint density at radius 2 is 1.00 bits per heavy atom. The van der Waals surface area contributed by atoms with Crippen LogP contribution in [0.4, 0.5) is 11.6 Å². The van der Waals surface area contributed by atoms with E-state index in [0.29, 0.717) is 22.8 Å². The van der Waals surface area contributed by atoms with E-state index >= 15 is 0 Å². The Balaban J connectivity index is 1.56. The van der Waals surface area contributed by atoms with Gasteiger partial charge < -0.3 is 10.2 Å². The molecule has 8 heteroatoms. The summed E-state index contributed by atoms with van der Waals surface area (Å²) >= 11 is 0. The number of anilines is 2.